The van der Waals surface area contributed by atoms with Crippen LogP contribution in [0.3, 0.4) is 0 Å². The first-order chi connectivity index (χ1) is 12.3. The second-order valence-electron chi connectivity index (χ2n) is 5.94. The van der Waals surface area contributed by atoms with E-state index < -0.39 is 0 Å². The van der Waals surface area contributed by atoms with E-state index in [2.05, 4.69) is 21.1 Å². The van der Waals surface area contributed by atoms with Crippen molar-refractivity contribution >= 4 is 11.7 Å². The van der Waals surface area contributed by atoms with E-state index in [1.54, 1.807) is 12.3 Å². The quantitative estimate of drug-likeness (QED) is 0.516. The third-order valence-corrected chi connectivity index (χ3v) is 4.24. The van der Waals surface area contributed by atoms with Crippen molar-refractivity contribution in [2.75, 3.05) is 18.0 Å². The summed E-state index contributed by atoms with van der Waals surface area (Å²) in [4.78, 5) is 12.1. The number of anilines is 1. The topological polar surface area (TPSA) is 87.5 Å². The van der Waals surface area contributed by atoms with E-state index in [1.165, 1.54) is 6.42 Å². The average Bonchev–Trinajstić information content (AvgIpc) is 2.69. The molecule has 1 aliphatic heterocycles. The Morgan fingerprint density at radius 1 is 1.20 bits per heavy atom. The monoisotopic (exact) mass is 335 g/mol. The summed E-state index contributed by atoms with van der Waals surface area (Å²) in [6.07, 6.45) is 5.34. The number of rotatable bonds is 5. The van der Waals surface area contributed by atoms with Crippen LogP contribution in [-0.2, 0) is 11.4 Å². The van der Waals surface area contributed by atoms with E-state index >= 15 is 0 Å². The van der Waals surface area contributed by atoms with Crippen molar-refractivity contribution in [3.05, 3.63) is 59.3 Å². The smallest absolute Gasteiger partial charge is 0.174 e. The van der Waals surface area contributed by atoms with Gasteiger partial charge in [0.1, 0.15) is 12.4 Å². The lowest BCUT2D eigenvalue weighted by molar-refractivity contribution is 0.130. The molecule has 1 saturated heterocycles. The number of hydrogen-bond donors (Lipinski definition) is 1. The molecule has 0 saturated carbocycles. The van der Waals surface area contributed by atoms with Crippen molar-refractivity contribution in [1.82, 2.24) is 4.98 Å². The lowest BCUT2D eigenvalue weighted by Gasteiger charge is -2.29. The number of nitriles is 1. The molecule has 1 aromatic heterocycles. The highest BCUT2D eigenvalue weighted by Gasteiger charge is 2.17. The van der Waals surface area contributed by atoms with Gasteiger partial charge >= 0.3 is 0 Å². The standard InChI is InChI=1S/C19H21N5O/c20-13-15-7-2-3-8-16(15)14-25-23-18(21)17-9-6-10-22-19(17)24-11-4-1-5-12-24/h2-3,6-10H,1,4-5,11-12,14H2,(H2,21,23). The molecule has 0 radical (unpaired) electrons. The molecule has 2 heterocycles. The van der Waals surface area contributed by atoms with Crippen LogP contribution in [0.1, 0.15) is 36.0 Å². The van der Waals surface area contributed by atoms with Crippen molar-refractivity contribution < 1.29 is 4.84 Å². The number of oxime groups is 1. The van der Waals surface area contributed by atoms with Gasteiger partial charge < -0.3 is 15.5 Å². The summed E-state index contributed by atoms with van der Waals surface area (Å²) >= 11 is 0. The maximum Gasteiger partial charge on any atom is 0.174 e. The van der Waals surface area contributed by atoms with Crippen molar-refractivity contribution in [3.63, 3.8) is 0 Å². The molecule has 1 aromatic carbocycles. The second kappa shape index (κ2) is 8.15. The summed E-state index contributed by atoms with van der Waals surface area (Å²) in [5.74, 6) is 1.15. The summed E-state index contributed by atoms with van der Waals surface area (Å²) in [5.41, 5.74) is 8.26. The first-order valence-electron chi connectivity index (χ1n) is 8.43. The first-order valence-corrected chi connectivity index (χ1v) is 8.43. The van der Waals surface area contributed by atoms with Crippen LogP contribution in [0.15, 0.2) is 47.8 Å². The van der Waals surface area contributed by atoms with Crippen molar-refractivity contribution in [2.24, 2.45) is 10.9 Å². The molecule has 1 fully saturated rings. The molecule has 0 atom stereocenters. The minimum absolute atomic E-state index is 0.198. The van der Waals surface area contributed by atoms with Gasteiger partial charge in [0, 0.05) is 24.8 Å². The molecule has 0 bridgehead atoms. The zero-order valence-electron chi connectivity index (χ0n) is 14.1. The number of benzene rings is 1. The van der Waals surface area contributed by atoms with E-state index in [9.17, 15) is 0 Å². The zero-order chi connectivity index (χ0) is 17.5. The molecule has 1 aliphatic rings. The summed E-state index contributed by atoms with van der Waals surface area (Å²) in [7, 11) is 0. The minimum Gasteiger partial charge on any atom is -0.389 e. The fraction of sp³-hybridized carbons (Fsp3) is 0.316. The summed E-state index contributed by atoms with van der Waals surface area (Å²) in [6, 6.07) is 13.2. The van der Waals surface area contributed by atoms with E-state index in [1.807, 2.05) is 30.3 Å². The Bertz CT molecular complexity index is 790. The van der Waals surface area contributed by atoms with E-state index in [0.29, 0.717) is 11.4 Å². The molecule has 0 unspecified atom stereocenters. The fourth-order valence-electron chi connectivity index (χ4n) is 2.93. The van der Waals surface area contributed by atoms with E-state index in [-0.39, 0.29) is 6.61 Å². The van der Waals surface area contributed by atoms with Gasteiger partial charge in [0.15, 0.2) is 5.84 Å². The minimum atomic E-state index is 0.198. The van der Waals surface area contributed by atoms with Crippen LogP contribution >= 0.6 is 0 Å². The van der Waals surface area contributed by atoms with Gasteiger partial charge in [-0.25, -0.2) is 4.98 Å². The predicted octanol–water partition coefficient (Wildman–Crippen LogP) is 2.78. The molecule has 2 aromatic rings. The van der Waals surface area contributed by atoms with Crippen LogP contribution in [0.4, 0.5) is 5.82 Å². The third kappa shape index (κ3) is 4.07. The first kappa shape index (κ1) is 16.8. The zero-order valence-corrected chi connectivity index (χ0v) is 14.1. The molecule has 6 nitrogen and oxygen atoms in total. The Morgan fingerprint density at radius 3 is 2.80 bits per heavy atom. The van der Waals surface area contributed by atoms with Gasteiger partial charge in [-0.3, -0.25) is 0 Å². The normalized spacial score (nSPS) is 14.8. The Balaban J connectivity index is 1.73. The number of hydrogen-bond acceptors (Lipinski definition) is 5. The highest BCUT2D eigenvalue weighted by molar-refractivity contribution is 6.01. The predicted molar refractivity (Wildman–Crippen MR) is 97.0 cm³/mol. The Labute approximate surface area is 147 Å². The highest BCUT2D eigenvalue weighted by atomic mass is 16.6. The largest absolute Gasteiger partial charge is 0.389 e. The molecule has 0 aliphatic carbocycles. The Kier molecular flexibility index (Phi) is 5.47. The molecule has 0 amide bonds. The maximum absolute atomic E-state index is 9.11. The number of aromatic nitrogens is 1. The molecular weight excluding hydrogens is 314 g/mol. The van der Waals surface area contributed by atoms with Gasteiger partial charge in [-0.1, -0.05) is 23.4 Å². The fourth-order valence-corrected chi connectivity index (χ4v) is 2.93. The molecular formula is C19H21N5O. The maximum atomic E-state index is 9.11. The third-order valence-electron chi connectivity index (χ3n) is 4.24. The Morgan fingerprint density at radius 2 is 2.00 bits per heavy atom. The Hall–Kier alpha value is -3.07. The number of pyridine rings is 1. The molecule has 6 heteroatoms. The molecule has 0 spiro atoms. The molecule has 25 heavy (non-hydrogen) atoms. The van der Waals surface area contributed by atoms with Gasteiger partial charge in [0.2, 0.25) is 0 Å². The van der Waals surface area contributed by atoms with Gasteiger partial charge in [-0.05, 0) is 37.5 Å². The summed E-state index contributed by atoms with van der Waals surface area (Å²) in [6.45, 7) is 2.16. The molecule has 128 valence electrons. The average molecular weight is 335 g/mol. The van der Waals surface area contributed by atoms with Crippen LogP contribution in [0, 0.1) is 11.3 Å². The van der Waals surface area contributed by atoms with Crippen LogP contribution in [0.5, 0.6) is 0 Å². The van der Waals surface area contributed by atoms with Gasteiger partial charge in [0.25, 0.3) is 0 Å². The number of nitrogens with zero attached hydrogens (tertiary/aromatic N) is 4. The molecule has 3 rings (SSSR count). The SMILES string of the molecule is N#Cc1ccccc1CON=C(N)c1cccnc1N1CCCCC1. The lowest BCUT2D eigenvalue weighted by Crippen LogP contribution is -2.32. The van der Waals surface area contributed by atoms with Crippen molar-refractivity contribution in [2.45, 2.75) is 25.9 Å². The summed E-state index contributed by atoms with van der Waals surface area (Å²) in [5, 5.41) is 13.1. The van der Waals surface area contributed by atoms with Crippen molar-refractivity contribution in [3.8, 4) is 6.07 Å². The summed E-state index contributed by atoms with van der Waals surface area (Å²) < 4.78 is 0. The van der Waals surface area contributed by atoms with Crippen LogP contribution in [0.25, 0.3) is 0 Å². The van der Waals surface area contributed by atoms with Crippen LogP contribution in [-0.4, -0.2) is 23.9 Å². The van der Waals surface area contributed by atoms with Crippen molar-refractivity contribution in [1.29, 1.82) is 5.26 Å². The number of nitrogens with two attached hydrogens (primary N) is 1. The van der Waals surface area contributed by atoms with E-state index in [0.717, 1.165) is 42.9 Å². The van der Waals surface area contributed by atoms with Gasteiger partial charge in [-0.2, -0.15) is 5.26 Å². The van der Waals surface area contributed by atoms with Crippen LogP contribution in [0.2, 0.25) is 0 Å². The molecule has 2 N–H and O–H groups in total. The number of piperidine rings is 1. The lowest BCUT2D eigenvalue weighted by atomic mass is 10.1. The number of amidine groups is 1. The highest BCUT2D eigenvalue weighted by Crippen LogP contribution is 2.21. The second-order valence-corrected chi connectivity index (χ2v) is 5.94. The van der Waals surface area contributed by atoms with E-state index in [4.69, 9.17) is 15.8 Å². The van der Waals surface area contributed by atoms with Gasteiger partial charge in [0.05, 0.1) is 17.2 Å². The van der Waals surface area contributed by atoms with Crippen LogP contribution < -0.4 is 10.6 Å². The van der Waals surface area contributed by atoms with Gasteiger partial charge in [-0.15, -0.1) is 0 Å².